The Morgan fingerprint density at radius 3 is 2.52 bits per heavy atom. The highest BCUT2D eigenvalue weighted by Crippen LogP contribution is 2.21. The van der Waals surface area contributed by atoms with Gasteiger partial charge in [-0.25, -0.2) is 4.98 Å². The molecule has 1 heterocycles. The molecule has 0 bridgehead atoms. The molecule has 1 N–H and O–H groups in total. The number of amides is 2. The minimum atomic E-state index is -0.506. The molecule has 138 valence electrons. The van der Waals surface area contributed by atoms with E-state index in [1.54, 1.807) is 36.4 Å². The number of para-hydroxylation sites is 3. The first-order valence-electron chi connectivity index (χ1n) is 8.16. The molecule has 1 aromatic heterocycles. The first kappa shape index (κ1) is 18.8. The fourth-order valence-electron chi connectivity index (χ4n) is 2.60. The van der Waals surface area contributed by atoms with Crippen molar-refractivity contribution in [2.24, 2.45) is 0 Å². The van der Waals surface area contributed by atoms with Crippen molar-refractivity contribution in [3.63, 3.8) is 0 Å². The van der Waals surface area contributed by atoms with Gasteiger partial charge in [0, 0.05) is 18.4 Å². The first-order valence-corrected chi connectivity index (χ1v) is 8.96. The van der Waals surface area contributed by atoms with Crippen LogP contribution in [0.1, 0.15) is 6.92 Å². The van der Waals surface area contributed by atoms with Crippen LogP contribution >= 0.6 is 15.9 Å². The van der Waals surface area contributed by atoms with E-state index in [-0.39, 0.29) is 24.2 Å². The van der Waals surface area contributed by atoms with E-state index in [0.717, 1.165) is 4.47 Å². The van der Waals surface area contributed by atoms with Gasteiger partial charge in [-0.05, 0) is 40.2 Å². The van der Waals surface area contributed by atoms with Crippen LogP contribution in [0.2, 0.25) is 0 Å². The highest BCUT2D eigenvalue weighted by molar-refractivity contribution is 9.10. The molecule has 2 amide bonds. The van der Waals surface area contributed by atoms with E-state index in [1.807, 2.05) is 12.1 Å². The smallest absolute Gasteiger partial charge is 0.294 e. The van der Waals surface area contributed by atoms with Gasteiger partial charge in [-0.1, -0.05) is 24.3 Å². The van der Waals surface area contributed by atoms with E-state index in [1.165, 1.54) is 23.4 Å². The van der Waals surface area contributed by atoms with Crippen LogP contribution in [-0.2, 0) is 16.1 Å². The molecule has 27 heavy (non-hydrogen) atoms. The van der Waals surface area contributed by atoms with Gasteiger partial charge in [0.2, 0.25) is 17.6 Å². The molecule has 8 heteroatoms. The Kier molecular flexibility index (Phi) is 5.36. The minimum absolute atomic E-state index is 0.0186. The number of anilines is 2. The number of halogens is 1. The summed E-state index contributed by atoms with van der Waals surface area (Å²) >= 11 is 3.37. The number of hydrogen-bond acceptors (Lipinski definition) is 4. The third kappa shape index (κ3) is 3.90. The van der Waals surface area contributed by atoms with Crippen molar-refractivity contribution in [3.8, 4) is 0 Å². The largest absolute Gasteiger partial charge is 0.324 e. The lowest BCUT2D eigenvalue weighted by Crippen LogP contribution is -2.36. The Hall–Kier alpha value is -3.00. The number of aromatic nitrogens is 2. The molecule has 7 nitrogen and oxygen atoms in total. The highest BCUT2D eigenvalue weighted by atomic mass is 79.9. The minimum Gasteiger partial charge on any atom is -0.324 e. The van der Waals surface area contributed by atoms with Crippen LogP contribution < -0.4 is 15.8 Å². The monoisotopic (exact) mass is 428 g/mol. The lowest BCUT2D eigenvalue weighted by atomic mass is 10.3. The van der Waals surface area contributed by atoms with Crippen LogP contribution in [0.3, 0.4) is 0 Å². The SMILES string of the molecule is CC(=O)N(C)c1nc2ccccc2n(CC(=O)Nc2ccccc2Br)c1=O. The number of nitrogens with zero attached hydrogens (tertiary/aromatic N) is 3. The molecule has 3 rings (SSSR count). The number of carbonyl (C=O) groups is 2. The lowest BCUT2D eigenvalue weighted by Gasteiger charge is -2.17. The van der Waals surface area contributed by atoms with Crippen molar-refractivity contribution in [1.82, 2.24) is 9.55 Å². The van der Waals surface area contributed by atoms with Crippen LogP contribution in [-0.4, -0.2) is 28.4 Å². The predicted molar refractivity (Wildman–Crippen MR) is 108 cm³/mol. The fourth-order valence-corrected chi connectivity index (χ4v) is 2.98. The zero-order valence-electron chi connectivity index (χ0n) is 14.8. The number of nitrogens with one attached hydrogen (secondary N) is 1. The van der Waals surface area contributed by atoms with Crippen molar-refractivity contribution in [1.29, 1.82) is 0 Å². The summed E-state index contributed by atoms with van der Waals surface area (Å²) in [6.07, 6.45) is 0. The summed E-state index contributed by atoms with van der Waals surface area (Å²) in [7, 11) is 1.48. The molecular formula is C19H17BrN4O3. The van der Waals surface area contributed by atoms with E-state index in [9.17, 15) is 14.4 Å². The maximum Gasteiger partial charge on any atom is 0.294 e. The number of benzene rings is 2. The van der Waals surface area contributed by atoms with Gasteiger partial charge in [-0.3, -0.25) is 23.9 Å². The molecule has 0 unspecified atom stereocenters. The number of carbonyl (C=O) groups excluding carboxylic acids is 2. The maximum atomic E-state index is 12.9. The number of fused-ring (bicyclic) bond motifs is 1. The summed E-state index contributed by atoms with van der Waals surface area (Å²) < 4.78 is 2.06. The third-order valence-corrected chi connectivity index (χ3v) is 4.77. The molecule has 3 aromatic rings. The van der Waals surface area contributed by atoms with Crippen molar-refractivity contribution in [2.45, 2.75) is 13.5 Å². The summed E-state index contributed by atoms with van der Waals surface area (Å²) in [5, 5.41) is 2.78. The van der Waals surface area contributed by atoms with Crippen molar-refractivity contribution >= 4 is 50.3 Å². The standard InChI is InChI=1S/C19H17BrN4O3/c1-12(25)23(2)18-19(27)24(16-10-6-5-9-15(16)22-18)11-17(26)21-14-8-4-3-7-13(14)20/h3-10H,11H2,1-2H3,(H,21,26). The van der Waals surface area contributed by atoms with Gasteiger partial charge in [-0.15, -0.1) is 0 Å². The summed E-state index contributed by atoms with van der Waals surface area (Å²) in [6, 6.07) is 14.2. The molecule has 0 spiro atoms. The van der Waals surface area contributed by atoms with Gasteiger partial charge in [-0.2, -0.15) is 0 Å². The highest BCUT2D eigenvalue weighted by Gasteiger charge is 2.18. The molecule has 0 saturated heterocycles. The second-order valence-electron chi connectivity index (χ2n) is 5.92. The summed E-state index contributed by atoms with van der Waals surface area (Å²) in [6.45, 7) is 1.14. The van der Waals surface area contributed by atoms with Crippen LogP contribution in [0.25, 0.3) is 11.0 Å². The molecule has 0 fully saturated rings. The molecule has 0 saturated carbocycles. The zero-order chi connectivity index (χ0) is 19.6. The average molecular weight is 429 g/mol. The topological polar surface area (TPSA) is 84.3 Å². The van der Waals surface area contributed by atoms with E-state index in [0.29, 0.717) is 16.7 Å². The lowest BCUT2D eigenvalue weighted by molar-refractivity contribution is -0.117. The Balaban J connectivity index is 2.03. The van der Waals surface area contributed by atoms with Gasteiger partial charge in [0.05, 0.1) is 16.7 Å². The van der Waals surface area contributed by atoms with Crippen LogP contribution in [0, 0.1) is 0 Å². The van der Waals surface area contributed by atoms with Gasteiger partial charge >= 0.3 is 0 Å². The molecule has 0 aliphatic rings. The second kappa shape index (κ2) is 7.71. The van der Waals surface area contributed by atoms with Gasteiger partial charge < -0.3 is 5.32 Å². The van der Waals surface area contributed by atoms with Gasteiger partial charge in [0.25, 0.3) is 5.56 Å². The van der Waals surface area contributed by atoms with Crippen molar-refractivity contribution < 1.29 is 9.59 Å². The molecule has 0 aliphatic carbocycles. The summed E-state index contributed by atoms with van der Waals surface area (Å²) in [5.41, 5.74) is 1.14. The fraction of sp³-hybridized carbons (Fsp3) is 0.158. The van der Waals surface area contributed by atoms with E-state index in [2.05, 4.69) is 26.2 Å². The van der Waals surface area contributed by atoms with Crippen molar-refractivity contribution in [3.05, 3.63) is 63.4 Å². The van der Waals surface area contributed by atoms with Gasteiger partial charge in [0.15, 0.2) is 0 Å². The number of rotatable bonds is 4. The maximum absolute atomic E-state index is 12.9. The molecular weight excluding hydrogens is 412 g/mol. The summed E-state index contributed by atoms with van der Waals surface area (Å²) in [4.78, 5) is 42.6. The first-order chi connectivity index (χ1) is 12.9. The average Bonchev–Trinajstić information content (AvgIpc) is 2.65. The third-order valence-electron chi connectivity index (χ3n) is 4.08. The van der Waals surface area contributed by atoms with E-state index >= 15 is 0 Å². The summed E-state index contributed by atoms with van der Waals surface area (Å²) in [5.74, 6) is -0.703. The van der Waals surface area contributed by atoms with Gasteiger partial charge in [0.1, 0.15) is 6.54 Å². The Morgan fingerprint density at radius 2 is 1.81 bits per heavy atom. The van der Waals surface area contributed by atoms with E-state index < -0.39 is 5.56 Å². The quantitative estimate of drug-likeness (QED) is 0.692. The molecule has 0 radical (unpaired) electrons. The molecule has 0 atom stereocenters. The Bertz CT molecular complexity index is 1090. The Labute approximate surface area is 163 Å². The molecule has 0 aliphatic heterocycles. The van der Waals surface area contributed by atoms with Crippen LogP contribution in [0.5, 0.6) is 0 Å². The molecule has 2 aromatic carbocycles. The van der Waals surface area contributed by atoms with Crippen molar-refractivity contribution in [2.75, 3.05) is 17.3 Å². The van der Waals surface area contributed by atoms with E-state index in [4.69, 9.17) is 0 Å². The zero-order valence-corrected chi connectivity index (χ0v) is 16.4. The van der Waals surface area contributed by atoms with Crippen LogP contribution in [0.4, 0.5) is 11.5 Å². The predicted octanol–water partition coefficient (Wildman–Crippen LogP) is 2.78. The van der Waals surface area contributed by atoms with Crippen LogP contribution in [0.15, 0.2) is 57.8 Å². The Morgan fingerprint density at radius 1 is 1.15 bits per heavy atom. The normalized spacial score (nSPS) is 10.6. The second-order valence-corrected chi connectivity index (χ2v) is 6.78. The number of hydrogen-bond donors (Lipinski definition) is 1.